The molecule has 12 heavy (non-hydrogen) atoms. The summed E-state index contributed by atoms with van der Waals surface area (Å²) >= 11 is 8.67. The Morgan fingerprint density at radius 3 is 2.50 bits per heavy atom. The first-order valence-electron chi connectivity index (χ1n) is 3.50. The molecule has 1 aromatic rings. The number of hydrogen-bond acceptors (Lipinski definition) is 2. The highest BCUT2D eigenvalue weighted by Gasteiger charge is 2.03. The average Bonchev–Trinajstić information content (AvgIpc) is 2.05. The first kappa shape index (κ1) is 9.51. The lowest BCUT2D eigenvalue weighted by Gasteiger charge is -2.12. The van der Waals surface area contributed by atoms with E-state index in [1.165, 1.54) is 0 Å². The Hall–Kier alpha value is -0.580. The molecular weight excluding hydrogens is 188 g/mol. The molecule has 0 aromatic heterocycles. The van der Waals surface area contributed by atoms with Gasteiger partial charge in [-0.2, -0.15) is 0 Å². The van der Waals surface area contributed by atoms with Crippen molar-refractivity contribution in [3.8, 4) is 0 Å². The maximum absolute atomic E-state index is 5.75. The molecule has 2 nitrogen and oxygen atoms in total. The Balaban J connectivity index is 2.65. The van der Waals surface area contributed by atoms with E-state index in [1.807, 2.05) is 30.3 Å². The van der Waals surface area contributed by atoms with Crippen LogP contribution in [0.5, 0.6) is 0 Å². The molecule has 0 bridgehead atoms. The van der Waals surface area contributed by atoms with E-state index in [4.69, 9.17) is 18.0 Å². The SMILES string of the molecule is N[C@@H](NC(=S)S)c1ccccc1. The highest BCUT2D eigenvalue weighted by Crippen LogP contribution is 2.06. The summed E-state index contributed by atoms with van der Waals surface area (Å²) in [6.07, 6.45) is -0.267. The zero-order chi connectivity index (χ0) is 8.97. The third kappa shape index (κ3) is 2.81. The van der Waals surface area contributed by atoms with E-state index in [1.54, 1.807) is 0 Å². The highest BCUT2D eigenvalue weighted by molar-refractivity contribution is 8.11. The van der Waals surface area contributed by atoms with Crippen LogP contribution in [0.1, 0.15) is 11.7 Å². The summed E-state index contributed by atoms with van der Waals surface area (Å²) in [5, 5.41) is 2.83. The fourth-order valence-corrected chi connectivity index (χ4v) is 1.14. The number of hydrogen-bond donors (Lipinski definition) is 3. The van der Waals surface area contributed by atoms with Gasteiger partial charge in [-0.15, -0.1) is 12.6 Å². The molecule has 1 atom stereocenters. The predicted molar refractivity (Wildman–Crippen MR) is 58.1 cm³/mol. The van der Waals surface area contributed by atoms with Crippen molar-refractivity contribution in [2.75, 3.05) is 0 Å². The number of thiol groups is 1. The number of benzene rings is 1. The molecule has 0 saturated carbocycles. The van der Waals surface area contributed by atoms with Crippen molar-refractivity contribution in [2.24, 2.45) is 5.73 Å². The quantitative estimate of drug-likeness (QED) is 0.382. The predicted octanol–water partition coefficient (Wildman–Crippen LogP) is 1.45. The van der Waals surface area contributed by atoms with Crippen LogP contribution in [-0.4, -0.2) is 4.32 Å². The Kier molecular flexibility index (Phi) is 3.52. The molecule has 3 N–H and O–H groups in total. The number of rotatable bonds is 2. The summed E-state index contributed by atoms with van der Waals surface area (Å²) in [4.78, 5) is 0. The summed E-state index contributed by atoms with van der Waals surface area (Å²) in [5.74, 6) is 0. The molecule has 0 heterocycles. The molecule has 0 radical (unpaired) electrons. The minimum Gasteiger partial charge on any atom is -0.352 e. The Bertz CT molecular complexity index is 261. The molecule has 0 spiro atoms. The molecule has 64 valence electrons. The maximum Gasteiger partial charge on any atom is 0.132 e. The van der Waals surface area contributed by atoms with E-state index < -0.39 is 0 Å². The molecule has 0 aliphatic rings. The fraction of sp³-hybridized carbons (Fsp3) is 0.125. The van der Waals surface area contributed by atoms with Crippen LogP contribution in [0.25, 0.3) is 0 Å². The molecule has 0 unspecified atom stereocenters. The Morgan fingerprint density at radius 2 is 2.00 bits per heavy atom. The average molecular weight is 198 g/mol. The first-order valence-corrected chi connectivity index (χ1v) is 4.35. The van der Waals surface area contributed by atoms with Crippen LogP contribution >= 0.6 is 24.8 Å². The van der Waals surface area contributed by atoms with Gasteiger partial charge < -0.3 is 11.1 Å². The van der Waals surface area contributed by atoms with Gasteiger partial charge in [0.1, 0.15) is 10.5 Å². The number of nitrogens with two attached hydrogens (primary N) is 1. The molecule has 0 saturated heterocycles. The lowest BCUT2D eigenvalue weighted by Crippen LogP contribution is -2.30. The molecule has 1 aromatic carbocycles. The van der Waals surface area contributed by atoms with E-state index in [2.05, 4.69) is 17.9 Å². The largest absolute Gasteiger partial charge is 0.352 e. The van der Waals surface area contributed by atoms with E-state index >= 15 is 0 Å². The topological polar surface area (TPSA) is 38.0 Å². The van der Waals surface area contributed by atoms with Crippen molar-refractivity contribution in [1.82, 2.24) is 5.32 Å². The Labute approximate surface area is 82.6 Å². The van der Waals surface area contributed by atoms with Crippen LogP contribution in [-0.2, 0) is 0 Å². The van der Waals surface area contributed by atoms with Crippen LogP contribution in [0, 0.1) is 0 Å². The van der Waals surface area contributed by atoms with Crippen LogP contribution < -0.4 is 11.1 Å². The van der Waals surface area contributed by atoms with Crippen LogP contribution in [0.3, 0.4) is 0 Å². The monoisotopic (exact) mass is 198 g/mol. The second kappa shape index (κ2) is 4.45. The zero-order valence-electron chi connectivity index (χ0n) is 6.40. The van der Waals surface area contributed by atoms with Gasteiger partial charge in [-0.05, 0) is 5.56 Å². The standard InChI is InChI=1S/C8H10N2S2/c9-7(10-8(11)12)6-4-2-1-3-5-6/h1-5,7H,9H2,(H2,10,11,12)/t7-/m0/s1. The molecule has 0 amide bonds. The molecule has 1 rings (SSSR count). The van der Waals surface area contributed by atoms with Crippen LogP contribution in [0.4, 0.5) is 0 Å². The summed E-state index contributed by atoms with van der Waals surface area (Å²) < 4.78 is 0.409. The van der Waals surface area contributed by atoms with Crippen molar-refractivity contribution in [1.29, 1.82) is 0 Å². The van der Waals surface area contributed by atoms with Crippen molar-refractivity contribution in [2.45, 2.75) is 6.17 Å². The van der Waals surface area contributed by atoms with E-state index in [0.717, 1.165) is 5.56 Å². The minimum absolute atomic E-state index is 0.267. The second-order valence-corrected chi connectivity index (χ2v) is 3.50. The summed E-state index contributed by atoms with van der Waals surface area (Å²) in [5.41, 5.74) is 6.74. The van der Waals surface area contributed by atoms with Gasteiger partial charge in [0.15, 0.2) is 0 Å². The zero-order valence-corrected chi connectivity index (χ0v) is 8.11. The lowest BCUT2D eigenvalue weighted by molar-refractivity contribution is 0.693. The normalized spacial score (nSPS) is 12.2. The third-order valence-electron chi connectivity index (χ3n) is 1.44. The van der Waals surface area contributed by atoms with Gasteiger partial charge in [0.25, 0.3) is 0 Å². The van der Waals surface area contributed by atoms with Crippen molar-refractivity contribution in [3.05, 3.63) is 35.9 Å². The highest BCUT2D eigenvalue weighted by atomic mass is 32.1. The summed E-state index contributed by atoms with van der Waals surface area (Å²) in [6, 6.07) is 9.67. The third-order valence-corrected chi connectivity index (χ3v) is 1.68. The number of thiocarbonyl (C=S) groups is 1. The summed E-state index contributed by atoms with van der Waals surface area (Å²) in [7, 11) is 0. The first-order chi connectivity index (χ1) is 5.70. The van der Waals surface area contributed by atoms with Gasteiger partial charge >= 0.3 is 0 Å². The van der Waals surface area contributed by atoms with Crippen molar-refractivity contribution < 1.29 is 0 Å². The van der Waals surface area contributed by atoms with Gasteiger partial charge in [-0.3, -0.25) is 0 Å². The maximum atomic E-state index is 5.75. The number of nitrogens with one attached hydrogen (secondary N) is 1. The minimum atomic E-state index is -0.267. The van der Waals surface area contributed by atoms with Crippen LogP contribution in [0.2, 0.25) is 0 Å². The van der Waals surface area contributed by atoms with Crippen LogP contribution in [0.15, 0.2) is 30.3 Å². The lowest BCUT2D eigenvalue weighted by atomic mass is 10.2. The Morgan fingerprint density at radius 1 is 1.42 bits per heavy atom. The van der Waals surface area contributed by atoms with Gasteiger partial charge in [0.05, 0.1) is 0 Å². The fourth-order valence-electron chi connectivity index (χ4n) is 0.877. The van der Waals surface area contributed by atoms with Gasteiger partial charge in [-0.1, -0.05) is 42.5 Å². The van der Waals surface area contributed by atoms with E-state index in [9.17, 15) is 0 Å². The smallest absolute Gasteiger partial charge is 0.132 e. The van der Waals surface area contributed by atoms with Crippen molar-refractivity contribution >= 4 is 29.2 Å². The molecular formula is C8H10N2S2. The van der Waals surface area contributed by atoms with E-state index in [0.29, 0.717) is 4.32 Å². The molecule has 4 heteroatoms. The molecule has 0 fully saturated rings. The molecule has 0 aliphatic heterocycles. The van der Waals surface area contributed by atoms with Crippen molar-refractivity contribution in [3.63, 3.8) is 0 Å². The molecule has 0 aliphatic carbocycles. The summed E-state index contributed by atoms with van der Waals surface area (Å²) in [6.45, 7) is 0. The van der Waals surface area contributed by atoms with Gasteiger partial charge in [-0.25, -0.2) is 0 Å². The second-order valence-electron chi connectivity index (χ2n) is 2.34. The van der Waals surface area contributed by atoms with Gasteiger partial charge in [0, 0.05) is 0 Å². The van der Waals surface area contributed by atoms with Gasteiger partial charge in [0.2, 0.25) is 0 Å². The van der Waals surface area contributed by atoms with E-state index in [-0.39, 0.29) is 6.17 Å².